The average Bonchev–Trinajstić information content (AvgIpc) is 2.83. The predicted octanol–water partition coefficient (Wildman–Crippen LogP) is 3.89. The summed E-state index contributed by atoms with van der Waals surface area (Å²) in [6.45, 7) is 1.67. The van der Waals surface area contributed by atoms with Gasteiger partial charge < -0.3 is 9.47 Å². The number of carbonyl (C=O) groups is 2. The zero-order valence-corrected chi connectivity index (χ0v) is 19.1. The van der Waals surface area contributed by atoms with Gasteiger partial charge in [-0.1, -0.05) is 78.4 Å². The molecular weight excluding hydrogens is 458 g/mol. The van der Waals surface area contributed by atoms with Gasteiger partial charge in [-0.05, 0) is 30.2 Å². The maximum atomic E-state index is 12.7. The Kier molecular flexibility index (Phi) is 8.36. The molecule has 0 aliphatic rings. The molecule has 9 nitrogen and oxygen atoms in total. The van der Waals surface area contributed by atoms with Crippen LogP contribution in [0.2, 0.25) is 0 Å². The number of rotatable bonds is 6. The van der Waals surface area contributed by atoms with Gasteiger partial charge in [-0.25, -0.2) is 9.59 Å². The molecule has 2 N–H and O–H groups in total. The van der Waals surface area contributed by atoms with Crippen LogP contribution in [0.3, 0.4) is 0 Å². The number of aryl methyl sites for hydroxylation is 1. The van der Waals surface area contributed by atoms with Crippen molar-refractivity contribution in [3.05, 3.63) is 102 Å². The summed E-state index contributed by atoms with van der Waals surface area (Å²) < 4.78 is 39.1. The maximum Gasteiger partial charge on any atom is 0.414 e. The summed E-state index contributed by atoms with van der Waals surface area (Å²) in [7, 11) is -4.25. The Balaban J connectivity index is 1.72. The van der Waals surface area contributed by atoms with Gasteiger partial charge in [0.15, 0.2) is 0 Å². The molecule has 0 unspecified atom stereocenters. The second-order valence-electron chi connectivity index (χ2n) is 7.10. The number of guanidine groups is 1. The van der Waals surface area contributed by atoms with Crippen LogP contribution in [0.25, 0.3) is 0 Å². The van der Waals surface area contributed by atoms with Crippen LogP contribution in [0.15, 0.2) is 94.2 Å². The summed E-state index contributed by atoms with van der Waals surface area (Å²) in [5.41, 5.74) is 2.30. The van der Waals surface area contributed by atoms with Crippen molar-refractivity contribution < 1.29 is 27.5 Å². The van der Waals surface area contributed by atoms with E-state index in [1.54, 1.807) is 67.6 Å². The van der Waals surface area contributed by atoms with Gasteiger partial charge >= 0.3 is 12.2 Å². The highest BCUT2D eigenvalue weighted by molar-refractivity contribution is 7.90. The van der Waals surface area contributed by atoms with Crippen LogP contribution >= 0.6 is 0 Å². The number of benzene rings is 3. The quantitative estimate of drug-likeness (QED) is 0.407. The van der Waals surface area contributed by atoms with Gasteiger partial charge in [-0.2, -0.15) is 8.42 Å². The molecule has 0 aliphatic carbocycles. The molecule has 10 heteroatoms. The highest BCUT2D eigenvalue weighted by Crippen LogP contribution is 2.13. The van der Waals surface area contributed by atoms with Gasteiger partial charge in [0, 0.05) is 0 Å². The minimum absolute atomic E-state index is 0.0664. The first-order valence-electron chi connectivity index (χ1n) is 10.2. The molecule has 176 valence electrons. The average molecular weight is 482 g/mol. The number of sulfonamides is 1. The van der Waals surface area contributed by atoms with Gasteiger partial charge in [0.2, 0.25) is 5.96 Å². The predicted molar refractivity (Wildman–Crippen MR) is 125 cm³/mol. The van der Waals surface area contributed by atoms with Gasteiger partial charge in [-0.15, -0.1) is 4.40 Å². The summed E-state index contributed by atoms with van der Waals surface area (Å²) in [6, 6.07) is 23.7. The SMILES string of the molecule is Cc1ccc(S(=O)(=O)N=C(NC(=O)OCc2ccccc2)NC(=O)OCc2ccccc2)cc1. The first-order chi connectivity index (χ1) is 16.3. The summed E-state index contributed by atoms with van der Waals surface area (Å²) in [5, 5.41) is 4.30. The van der Waals surface area contributed by atoms with Crippen molar-refractivity contribution in [3.8, 4) is 0 Å². The molecule has 0 heterocycles. The Hall–Kier alpha value is -4.18. The van der Waals surface area contributed by atoms with Crippen molar-refractivity contribution in [2.45, 2.75) is 25.0 Å². The Labute approximate surface area is 197 Å². The molecule has 0 atom stereocenters. The van der Waals surface area contributed by atoms with Crippen molar-refractivity contribution >= 4 is 28.2 Å². The minimum atomic E-state index is -4.25. The van der Waals surface area contributed by atoms with E-state index in [4.69, 9.17) is 9.47 Å². The maximum absolute atomic E-state index is 12.7. The van der Waals surface area contributed by atoms with Gasteiger partial charge in [0.05, 0.1) is 4.90 Å². The van der Waals surface area contributed by atoms with Crippen molar-refractivity contribution in [1.29, 1.82) is 0 Å². The van der Waals surface area contributed by atoms with Crippen LogP contribution < -0.4 is 10.6 Å². The molecule has 0 saturated carbocycles. The lowest BCUT2D eigenvalue weighted by molar-refractivity contribution is 0.141. The zero-order valence-electron chi connectivity index (χ0n) is 18.3. The van der Waals surface area contributed by atoms with E-state index in [-0.39, 0.29) is 18.1 Å². The van der Waals surface area contributed by atoms with E-state index >= 15 is 0 Å². The molecule has 0 bridgehead atoms. The van der Waals surface area contributed by atoms with Crippen molar-refractivity contribution in [1.82, 2.24) is 10.6 Å². The number of amides is 2. The highest BCUT2D eigenvalue weighted by Gasteiger charge is 2.19. The smallest absolute Gasteiger partial charge is 0.414 e. The summed E-state index contributed by atoms with van der Waals surface area (Å²) >= 11 is 0. The summed E-state index contributed by atoms with van der Waals surface area (Å²) in [4.78, 5) is 24.4. The first kappa shape index (κ1) is 24.5. The molecule has 3 aromatic carbocycles. The van der Waals surface area contributed by atoms with Crippen LogP contribution in [-0.2, 0) is 32.7 Å². The second-order valence-corrected chi connectivity index (χ2v) is 8.71. The monoisotopic (exact) mass is 481 g/mol. The minimum Gasteiger partial charge on any atom is -0.444 e. The fourth-order valence-electron chi connectivity index (χ4n) is 2.67. The van der Waals surface area contributed by atoms with E-state index in [0.29, 0.717) is 0 Å². The standard InChI is InChI=1S/C24H23N3O6S/c1-18-12-14-21(15-13-18)34(30,31)27-22(25-23(28)32-16-19-8-4-2-5-9-19)26-24(29)33-17-20-10-6-3-7-11-20/h2-15H,16-17H2,1H3,(H2,25,26,27,28,29). The number of hydrogen-bond donors (Lipinski definition) is 2. The topological polar surface area (TPSA) is 123 Å². The molecule has 0 saturated heterocycles. The highest BCUT2D eigenvalue weighted by atomic mass is 32.2. The molecule has 34 heavy (non-hydrogen) atoms. The molecule has 0 radical (unpaired) electrons. The number of hydrogen-bond acceptors (Lipinski definition) is 6. The molecule has 0 aliphatic heterocycles. The first-order valence-corrected chi connectivity index (χ1v) is 11.6. The van der Waals surface area contributed by atoms with E-state index in [1.807, 2.05) is 12.1 Å². The zero-order chi connectivity index (χ0) is 24.4. The van der Waals surface area contributed by atoms with Crippen LogP contribution in [0.5, 0.6) is 0 Å². The lowest BCUT2D eigenvalue weighted by Crippen LogP contribution is -2.44. The molecule has 0 aromatic heterocycles. The molecule has 0 fully saturated rings. The Morgan fingerprint density at radius 2 is 1.18 bits per heavy atom. The van der Waals surface area contributed by atoms with Crippen molar-refractivity contribution in [2.75, 3.05) is 0 Å². The Morgan fingerprint density at radius 3 is 1.62 bits per heavy atom. The lowest BCUT2D eigenvalue weighted by atomic mass is 10.2. The van der Waals surface area contributed by atoms with Gasteiger partial charge in [-0.3, -0.25) is 10.6 Å². The van der Waals surface area contributed by atoms with E-state index < -0.39 is 28.2 Å². The second kappa shape index (κ2) is 11.6. The number of nitrogens with zero attached hydrogens (tertiary/aromatic N) is 1. The number of alkyl carbamates (subject to hydrolysis) is 2. The molecule has 3 aromatic rings. The third-order valence-corrected chi connectivity index (χ3v) is 5.69. The van der Waals surface area contributed by atoms with Gasteiger partial charge in [0.1, 0.15) is 13.2 Å². The summed E-state index contributed by atoms with van der Waals surface area (Å²) in [6.07, 6.45) is -2.02. The van der Waals surface area contributed by atoms with E-state index in [0.717, 1.165) is 16.7 Å². The fourth-order valence-corrected chi connectivity index (χ4v) is 3.59. The number of nitrogens with one attached hydrogen (secondary N) is 2. The normalized spacial score (nSPS) is 10.6. The molecule has 3 rings (SSSR count). The van der Waals surface area contributed by atoms with E-state index in [1.165, 1.54) is 12.1 Å². The van der Waals surface area contributed by atoms with Crippen molar-refractivity contribution in [2.24, 2.45) is 4.40 Å². The fraction of sp³-hybridized carbons (Fsp3) is 0.125. The van der Waals surface area contributed by atoms with Crippen molar-refractivity contribution in [3.63, 3.8) is 0 Å². The lowest BCUT2D eigenvalue weighted by Gasteiger charge is -2.12. The van der Waals surface area contributed by atoms with Crippen LogP contribution in [-0.4, -0.2) is 26.6 Å². The number of ether oxygens (including phenoxy) is 2. The molecule has 0 spiro atoms. The largest absolute Gasteiger partial charge is 0.444 e. The van der Waals surface area contributed by atoms with Crippen LogP contribution in [0, 0.1) is 6.92 Å². The van der Waals surface area contributed by atoms with Crippen LogP contribution in [0.1, 0.15) is 16.7 Å². The van der Waals surface area contributed by atoms with E-state index in [2.05, 4.69) is 15.0 Å². The Bertz CT molecular complexity index is 1190. The third-order valence-electron chi connectivity index (χ3n) is 4.40. The molecular formula is C24H23N3O6S. The molecule has 2 amide bonds. The Morgan fingerprint density at radius 1 is 0.735 bits per heavy atom. The number of carbonyl (C=O) groups excluding carboxylic acids is 2. The van der Waals surface area contributed by atoms with E-state index in [9.17, 15) is 18.0 Å². The van der Waals surface area contributed by atoms with Crippen LogP contribution in [0.4, 0.5) is 9.59 Å². The third kappa shape index (κ3) is 7.75. The van der Waals surface area contributed by atoms with Gasteiger partial charge in [0.25, 0.3) is 10.0 Å². The summed E-state index contributed by atoms with van der Waals surface area (Å²) in [5.74, 6) is -0.656.